The molecule has 1 saturated carbocycles. The van der Waals surface area contributed by atoms with E-state index >= 15 is 0 Å². The van der Waals surface area contributed by atoms with Gasteiger partial charge in [-0.3, -0.25) is 4.79 Å². The summed E-state index contributed by atoms with van der Waals surface area (Å²) in [6.07, 6.45) is 1.66. The number of carbonyl (C=O) groups is 2. The molecule has 108 valence electrons. The second-order valence-electron chi connectivity index (χ2n) is 5.12. The van der Waals surface area contributed by atoms with Gasteiger partial charge in [-0.2, -0.15) is 0 Å². The van der Waals surface area contributed by atoms with Gasteiger partial charge in [-0.25, -0.2) is 4.79 Å². The number of aliphatic carboxylic acids is 1. The highest BCUT2D eigenvalue weighted by molar-refractivity contribution is 9.10. The third-order valence-electron chi connectivity index (χ3n) is 3.61. The van der Waals surface area contributed by atoms with Crippen LogP contribution in [0, 0.1) is 0 Å². The van der Waals surface area contributed by atoms with Crippen LogP contribution in [0.25, 0.3) is 0 Å². The number of carboxylic acid groups (broad SMARTS) is 1. The van der Waals surface area contributed by atoms with Gasteiger partial charge in [-0.05, 0) is 31.9 Å². The molecular weight excluding hydrogens is 346 g/mol. The maximum absolute atomic E-state index is 11.9. The molecule has 1 unspecified atom stereocenters. The third-order valence-corrected chi connectivity index (χ3v) is 4.41. The van der Waals surface area contributed by atoms with E-state index in [-0.39, 0.29) is 11.9 Å². The fourth-order valence-electron chi connectivity index (χ4n) is 2.50. The number of halogens is 2. The zero-order valence-electron chi connectivity index (χ0n) is 11.2. The molecule has 1 aromatic rings. The first-order valence-electron chi connectivity index (χ1n) is 6.27. The number of amides is 1. The predicted molar refractivity (Wildman–Crippen MR) is 79.7 cm³/mol. The molecule has 1 aromatic carbocycles. The van der Waals surface area contributed by atoms with Crippen molar-refractivity contribution in [2.75, 3.05) is 0 Å². The zero-order valence-corrected chi connectivity index (χ0v) is 13.5. The van der Waals surface area contributed by atoms with E-state index in [1.165, 1.54) is 18.7 Å². The molecule has 20 heavy (non-hydrogen) atoms. The van der Waals surface area contributed by atoms with Crippen LogP contribution in [0.4, 0.5) is 0 Å². The van der Waals surface area contributed by atoms with Crippen LogP contribution in [0.5, 0.6) is 0 Å². The van der Waals surface area contributed by atoms with Crippen molar-refractivity contribution in [3.63, 3.8) is 0 Å². The summed E-state index contributed by atoms with van der Waals surface area (Å²) in [7, 11) is 0. The number of rotatable bonds is 4. The molecule has 1 atom stereocenters. The van der Waals surface area contributed by atoms with Gasteiger partial charge in [-0.1, -0.05) is 33.6 Å². The van der Waals surface area contributed by atoms with Crippen LogP contribution in [-0.4, -0.2) is 27.9 Å². The van der Waals surface area contributed by atoms with Crippen molar-refractivity contribution < 1.29 is 14.7 Å². The average molecular weight is 361 g/mol. The molecule has 1 N–H and O–H groups in total. The molecule has 1 amide bonds. The van der Waals surface area contributed by atoms with Gasteiger partial charge in [0.2, 0.25) is 5.91 Å². The van der Waals surface area contributed by atoms with Gasteiger partial charge in [0.15, 0.2) is 5.54 Å². The number of carboxylic acids is 1. The molecule has 4 nitrogen and oxygen atoms in total. The monoisotopic (exact) mass is 359 g/mol. The summed E-state index contributed by atoms with van der Waals surface area (Å²) in [6.45, 7) is 2.93. The van der Waals surface area contributed by atoms with Crippen LogP contribution < -0.4 is 0 Å². The van der Waals surface area contributed by atoms with Gasteiger partial charge in [0, 0.05) is 28.0 Å². The Morgan fingerprint density at radius 1 is 1.45 bits per heavy atom. The molecule has 2 rings (SSSR count). The van der Waals surface area contributed by atoms with Crippen molar-refractivity contribution in [2.24, 2.45) is 0 Å². The molecule has 6 heteroatoms. The lowest BCUT2D eigenvalue weighted by molar-refractivity contribution is -0.159. The third kappa shape index (κ3) is 2.56. The topological polar surface area (TPSA) is 57.6 Å². The fraction of sp³-hybridized carbons (Fsp3) is 0.429. The first kappa shape index (κ1) is 15.3. The second-order valence-corrected chi connectivity index (χ2v) is 6.44. The Balaban J connectivity index is 2.58. The Hall–Kier alpha value is -1.07. The largest absolute Gasteiger partial charge is 0.479 e. The number of benzene rings is 1. The summed E-state index contributed by atoms with van der Waals surface area (Å²) in [5.74, 6) is -1.33. The Morgan fingerprint density at radius 2 is 2.05 bits per heavy atom. The number of carbonyl (C=O) groups excluding carboxylic acids is 1. The summed E-state index contributed by atoms with van der Waals surface area (Å²) in [5.41, 5.74) is -1.03. The van der Waals surface area contributed by atoms with E-state index < -0.39 is 11.5 Å². The summed E-state index contributed by atoms with van der Waals surface area (Å²) in [6, 6.07) is 5.00. The summed E-state index contributed by atoms with van der Waals surface area (Å²) in [4.78, 5) is 25.2. The lowest BCUT2D eigenvalue weighted by Crippen LogP contribution is -2.53. The van der Waals surface area contributed by atoms with Gasteiger partial charge in [0.1, 0.15) is 0 Å². The van der Waals surface area contributed by atoms with Crippen LogP contribution >= 0.6 is 27.5 Å². The molecule has 0 aromatic heterocycles. The van der Waals surface area contributed by atoms with E-state index in [1.807, 2.05) is 0 Å². The molecule has 0 radical (unpaired) electrons. The molecule has 0 bridgehead atoms. The standard InChI is InChI=1S/C14H15BrClNO3/c1-8(18)17(10-4-5-10)14(2,13(19)20)11-6-3-9(15)7-12(11)16/h3,6-7,10H,4-5H2,1-2H3,(H,19,20). The highest BCUT2D eigenvalue weighted by atomic mass is 79.9. The maximum Gasteiger partial charge on any atom is 0.334 e. The lowest BCUT2D eigenvalue weighted by Gasteiger charge is -2.38. The van der Waals surface area contributed by atoms with E-state index in [9.17, 15) is 14.7 Å². The summed E-state index contributed by atoms with van der Waals surface area (Å²) >= 11 is 9.50. The smallest absolute Gasteiger partial charge is 0.334 e. The predicted octanol–water partition coefficient (Wildman–Crippen LogP) is 3.41. The first-order chi connectivity index (χ1) is 9.28. The minimum absolute atomic E-state index is 0.0201. The van der Waals surface area contributed by atoms with Crippen LogP contribution in [0.1, 0.15) is 32.3 Å². The van der Waals surface area contributed by atoms with Crippen molar-refractivity contribution in [1.29, 1.82) is 0 Å². The van der Waals surface area contributed by atoms with Crippen LogP contribution in [0.3, 0.4) is 0 Å². The van der Waals surface area contributed by atoms with Gasteiger partial charge in [0.05, 0.1) is 0 Å². The molecule has 0 heterocycles. The molecule has 1 fully saturated rings. The molecule has 1 aliphatic rings. The Bertz CT molecular complexity index is 574. The van der Waals surface area contributed by atoms with E-state index in [0.717, 1.165) is 17.3 Å². The molecule has 0 spiro atoms. The second kappa shape index (κ2) is 5.37. The van der Waals surface area contributed by atoms with Crippen LogP contribution in [-0.2, 0) is 15.1 Å². The van der Waals surface area contributed by atoms with Crippen molar-refractivity contribution in [3.8, 4) is 0 Å². The SMILES string of the molecule is CC(=O)N(C1CC1)C(C)(C(=O)O)c1ccc(Br)cc1Cl. The van der Waals surface area contributed by atoms with Crippen LogP contribution in [0.15, 0.2) is 22.7 Å². The average Bonchev–Trinajstić information content (AvgIpc) is 3.12. The van der Waals surface area contributed by atoms with Gasteiger partial charge >= 0.3 is 5.97 Å². The zero-order chi connectivity index (χ0) is 15.1. The van der Waals surface area contributed by atoms with Crippen molar-refractivity contribution >= 4 is 39.4 Å². The van der Waals surface area contributed by atoms with E-state index in [2.05, 4.69) is 15.9 Å². The van der Waals surface area contributed by atoms with E-state index in [4.69, 9.17) is 11.6 Å². The van der Waals surface area contributed by atoms with Gasteiger partial charge < -0.3 is 10.0 Å². The number of hydrogen-bond donors (Lipinski definition) is 1. The van der Waals surface area contributed by atoms with E-state index in [0.29, 0.717) is 10.6 Å². The Morgan fingerprint density at radius 3 is 2.45 bits per heavy atom. The fourth-order valence-corrected chi connectivity index (χ4v) is 3.36. The Kier molecular flexibility index (Phi) is 4.12. The molecule has 1 aliphatic carbocycles. The van der Waals surface area contributed by atoms with Crippen molar-refractivity contribution in [3.05, 3.63) is 33.3 Å². The molecular formula is C14H15BrClNO3. The highest BCUT2D eigenvalue weighted by Crippen LogP contribution is 2.41. The lowest BCUT2D eigenvalue weighted by atomic mass is 9.89. The quantitative estimate of drug-likeness (QED) is 0.895. The minimum atomic E-state index is -1.45. The van der Waals surface area contributed by atoms with Gasteiger partial charge in [0.25, 0.3) is 0 Å². The normalized spacial score (nSPS) is 17.4. The van der Waals surface area contributed by atoms with Crippen molar-refractivity contribution in [1.82, 2.24) is 4.90 Å². The highest BCUT2D eigenvalue weighted by Gasteiger charge is 2.50. The van der Waals surface area contributed by atoms with E-state index in [1.54, 1.807) is 18.2 Å². The molecule has 0 aliphatic heterocycles. The minimum Gasteiger partial charge on any atom is -0.479 e. The molecule has 0 saturated heterocycles. The Labute approximate surface area is 130 Å². The first-order valence-corrected chi connectivity index (χ1v) is 7.44. The van der Waals surface area contributed by atoms with Gasteiger partial charge in [-0.15, -0.1) is 0 Å². The van der Waals surface area contributed by atoms with Crippen LogP contribution in [0.2, 0.25) is 5.02 Å². The summed E-state index contributed by atoms with van der Waals surface area (Å²) in [5, 5.41) is 10.0. The summed E-state index contributed by atoms with van der Waals surface area (Å²) < 4.78 is 0.764. The maximum atomic E-state index is 11.9. The number of nitrogens with zero attached hydrogens (tertiary/aromatic N) is 1. The van der Waals surface area contributed by atoms with Crippen molar-refractivity contribution in [2.45, 2.75) is 38.3 Å². The number of hydrogen-bond acceptors (Lipinski definition) is 2.